The standard InChI is InChI=1S/C11H19N5/c12-10-13-11(15-14-10)16-6-5-8-3-1-2-4-9(8)7-16/h8-9H,1-7H2,(H3,12,13,14,15). The molecule has 2 heterocycles. The molecule has 0 radical (unpaired) electrons. The summed E-state index contributed by atoms with van der Waals surface area (Å²) in [5.41, 5.74) is 5.56. The van der Waals surface area contributed by atoms with E-state index in [2.05, 4.69) is 20.1 Å². The van der Waals surface area contributed by atoms with Crippen LogP contribution in [0.2, 0.25) is 0 Å². The molecule has 3 N–H and O–H groups in total. The Morgan fingerprint density at radius 2 is 2.00 bits per heavy atom. The number of nitrogens with zero attached hydrogens (tertiary/aromatic N) is 3. The van der Waals surface area contributed by atoms with Crippen molar-refractivity contribution in [1.82, 2.24) is 15.2 Å². The Hall–Kier alpha value is -1.26. The Labute approximate surface area is 95.4 Å². The van der Waals surface area contributed by atoms with E-state index in [9.17, 15) is 0 Å². The van der Waals surface area contributed by atoms with Crippen LogP contribution in [-0.4, -0.2) is 28.3 Å². The van der Waals surface area contributed by atoms with Gasteiger partial charge in [-0.05, 0) is 24.7 Å². The normalized spacial score (nSPS) is 30.1. The first kappa shape index (κ1) is 9.93. The maximum absolute atomic E-state index is 5.56. The minimum absolute atomic E-state index is 0.417. The average Bonchev–Trinajstić information content (AvgIpc) is 2.75. The van der Waals surface area contributed by atoms with Crippen LogP contribution in [0.15, 0.2) is 0 Å². The molecule has 2 fully saturated rings. The van der Waals surface area contributed by atoms with Crippen molar-refractivity contribution in [3.63, 3.8) is 0 Å². The zero-order valence-corrected chi connectivity index (χ0v) is 9.52. The fraction of sp³-hybridized carbons (Fsp3) is 0.818. The highest BCUT2D eigenvalue weighted by Crippen LogP contribution is 2.36. The van der Waals surface area contributed by atoms with E-state index in [1.165, 1.54) is 32.1 Å². The van der Waals surface area contributed by atoms with E-state index in [0.29, 0.717) is 5.95 Å². The maximum Gasteiger partial charge on any atom is 0.246 e. The van der Waals surface area contributed by atoms with Gasteiger partial charge >= 0.3 is 0 Å². The summed E-state index contributed by atoms with van der Waals surface area (Å²) >= 11 is 0. The second-order valence-corrected chi connectivity index (χ2v) is 5.06. The number of aromatic nitrogens is 3. The highest BCUT2D eigenvalue weighted by atomic mass is 15.4. The van der Waals surface area contributed by atoms with Crippen LogP contribution in [0, 0.1) is 11.8 Å². The fourth-order valence-electron chi connectivity index (χ4n) is 3.19. The summed E-state index contributed by atoms with van der Waals surface area (Å²) in [5.74, 6) is 2.99. The number of nitrogens with one attached hydrogen (secondary N) is 1. The molecular weight excluding hydrogens is 202 g/mol. The number of fused-ring (bicyclic) bond motifs is 1. The van der Waals surface area contributed by atoms with Gasteiger partial charge in [0.25, 0.3) is 0 Å². The fourth-order valence-corrected chi connectivity index (χ4v) is 3.19. The number of nitrogen functional groups attached to an aromatic ring is 1. The van der Waals surface area contributed by atoms with Crippen LogP contribution in [-0.2, 0) is 0 Å². The summed E-state index contributed by atoms with van der Waals surface area (Å²) < 4.78 is 0. The largest absolute Gasteiger partial charge is 0.368 e. The first-order chi connectivity index (χ1) is 7.83. The SMILES string of the molecule is Nc1nc(N2CCC3CCCCC3C2)n[nH]1. The summed E-state index contributed by atoms with van der Waals surface area (Å²) in [6.07, 6.45) is 6.91. The van der Waals surface area contributed by atoms with Gasteiger partial charge in [0.15, 0.2) is 0 Å². The quantitative estimate of drug-likeness (QED) is 0.752. The van der Waals surface area contributed by atoms with Gasteiger partial charge in [0.1, 0.15) is 0 Å². The molecule has 2 atom stereocenters. The molecule has 2 aliphatic rings. The maximum atomic E-state index is 5.56. The van der Waals surface area contributed by atoms with Gasteiger partial charge in [-0.15, -0.1) is 5.10 Å². The Morgan fingerprint density at radius 1 is 1.19 bits per heavy atom. The lowest BCUT2D eigenvalue weighted by molar-refractivity contribution is 0.201. The molecule has 88 valence electrons. The highest BCUT2D eigenvalue weighted by molar-refractivity contribution is 5.34. The number of rotatable bonds is 1. The molecule has 0 spiro atoms. The topological polar surface area (TPSA) is 70.8 Å². The van der Waals surface area contributed by atoms with Crippen molar-refractivity contribution in [1.29, 1.82) is 0 Å². The third-order valence-corrected chi connectivity index (χ3v) is 4.06. The first-order valence-corrected chi connectivity index (χ1v) is 6.26. The molecule has 2 unspecified atom stereocenters. The third-order valence-electron chi connectivity index (χ3n) is 4.06. The van der Waals surface area contributed by atoms with Crippen LogP contribution in [0.3, 0.4) is 0 Å². The summed E-state index contributed by atoms with van der Waals surface area (Å²) in [5, 5.41) is 6.85. The first-order valence-electron chi connectivity index (χ1n) is 6.26. The van der Waals surface area contributed by atoms with Gasteiger partial charge in [0, 0.05) is 13.1 Å². The Bertz CT molecular complexity index is 361. The molecule has 3 rings (SSSR count). The van der Waals surface area contributed by atoms with Gasteiger partial charge in [0.05, 0.1) is 0 Å². The predicted molar refractivity (Wildman–Crippen MR) is 63.1 cm³/mol. The van der Waals surface area contributed by atoms with Crippen LogP contribution in [0.1, 0.15) is 32.1 Å². The lowest BCUT2D eigenvalue weighted by Crippen LogP contribution is -2.42. The zero-order chi connectivity index (χ0) is 11.0. The average molecular weight is 221 g/mol. The zero-order valence-electron chi connectivity index (χ0n) is 9.52. The number of H-pyrrole nitrogens is 1. The summed E-state index contributed by atoms with van der Waals surface area (Å²) in [6.45, 7) is 2.19. The second-order valence-electron chi connectivity index (χ2n) is 5.06. The third kappa shape index (κ3) is 1.74. The number of piperidine rings is 1. The van der Waals surface area contributed by atoms with Gasteiger partial charge in [-0.1, -0.05) is 19.3 Å². The van der Waals surface area contributed by atoms with E-state index in [4.69, 9.17) is 5.73 Å². The minimum atomic E-state index is 0.417. The van der Waals surface area contributed by atoms with Crippen molar-refractivity contribution >= 4 is 11.9 Å². The summed E-state index contributed by atoms with van der Waals surface area (Å²) in [4.78, 5) is 6.49. The molecule has 0 bridgehead atoms. The molecule has 1 aromatic rings. The van der Waals surface area contributed by atoms with Crippen LogP contribution in [0.4, 0.5) is 11.9 Å². The predicted octanol–water partition coefficient (Wildman–Crippen LogP) is 1.40. The van der Waals surface area contributed by atoms with E-state index in [1.807, 2.05) is 0 Å². The Morgan fingerprint density at radius 3 is 2.75 bits per heavy atom. The monoisotopic (exact) mass is 221 g/mol. The number of hydrogen-bond acceptors (Lipinski definition) is 4. The molecule has 5 nitrogen and oxygen atoms in total. The van der Waals surface area contributed by atoms with E-state index in [-0.39, 0.29) is 0 Å². The van der Waals surface area contributed by atoms with Crippen molar-refractivity contribution < 1.29 is 0 Å². The van der Waals surface area contributed by atoms with Crippen LogP contribution < -0.4 is 10.6 Å². The minimum Gasteiger partial charge on any atom is -0.368 e. The molecule has 1 aliphatic heterocycles. The van der Waals surface area contributed by atoms with E-state index in [0.717, 1.165) is 30.9 Å². The number of hydrogen-bond donors (Lipinski definition) is 2. The van der Waals surface area contributed by atoms with Crippen LogP contribution in [0.25, 0.3) is 0 Å². The van der Waals surface area contributed by atoms with Gasteiger partial charge < -0.3 is 10.6 Å². The van der Waals surface area contributed by atoms with Gasteiger partial charge in [-0.3, -0.25) is 0 Å². The second kappa shape index (κ2) is 3.96. The number of aromatic amines is 1. The lowest BCUT2D eigenvalue weighted by Gasteiger charge is -2.40. The van der Waals surface area contributed by atoms with E-state index >= 15 is 0 Å². The van der Waals surface area contributed by atoms with E-state index in [1.54, 1.807) is 0 Å². The number of nitrogens with two attached hydrogens (primary N) is 1. The van der Waals surface area contributed by atoms with Crippen LogP contribution >= 0.6 is 0 Å². The summed E-state index contributed by atoms with van der Waals surface area (Å²) in [7, 11) is 0. The van der Waals surface area contributed by atoms with Crippen LogP contribution in [0.5, 0.6) is 0 Å². The molecular formula is C11H19N5. The molecule has 1 saturated carbocycles. The van der Waals surface area contributed by atoms with E-state index < -0.39 is 0 Å². The van der Waals surface area contributed by atoms with Gasteiger partial charge in [0.2, 0.25) is 11.9 Å². The summed E-state index contributed by atoms with van der Waals surface area (Å²) in [6, 6.07) is 0. The molecule has 5 heteroatoms. The Balaban J connectivity index is 1.70. The van der Waals surface area contributed by atoms with Crippen molar-refractivity contribution in [2.24, 2.45) is 11.8 Å². The van der Waals surface area contributed by atoms with Crippen molar-refractivity contribution in [2.75, 3.05) is 23.7 Å². The number of anilines is 2. The highest BCUT2D eigenvalue weighted by Gasteiger charge is 2.32. The van der Waals surface area contributed by atoms with Gasteiger partial charge in [-0.25, -0.2) is 5.10 Å². The molecule has 1 aromatic heterocycles. The smallest absolute Gasteiger partial charge is 0.246 e. The molecule has 1 saturated heterocycles. The van der Waals surface area contributed by atoms with Gasteiger partial charge in [-0.2, -0.15) is 4.98 Å². The Kier molecular flexibility index (Phi) is 2.46. The molecule has 0 aromatic carbocycles. The van der Waals surface area contributed by atoms with Crippen molar-refractivity contribution in [2.45, 2.75) is 32.1 Å². The van der Waals surface area contributed by atoms with Crippen molar-refractivity contribution in [3.8, 4) is 0 Å². The molecule has 0 amide bonds. The lowest BCUT2D eigenvalue weighted by atomic mass is 9.75. The van der Waals surface area contributed by atoms with Crippen molar-refractivity contribution in [3.05, 3.63) is 0 Å². The molecule has 16 heavy (non-hydrogen) atoms. The molecule has 1 aliphatic carbocycles.